The molecule has 1 unspecified atom stereocenters. The fourth-order valence-electron chi connectivity index (χ4n) is 6.24. The Hall–Kier alpha value is -4.00. The van der Waals surface area contributed by atoms with Crippen LogP contribution in [0.4, 0.5) is 0 Å². The summed E-state index contributed by atoms with van der Waals surface area (Å²) >= 11 is 0. The summed E-state index contributed by atoms with van der Waals surface area (Å²) in [6, 6.07) is 13.8. The van der Waals surface area contributed by atoms with E-state index in [2.05, 4.69) is 41.5 Å². The second-order valence-electron chi connectivity index (χ2n) is 11.3. The molecular weight excluding hydrogens is 514 g/mol. The van der Waals surface area contributed by atoms with Crippen LogP contribution in [0, 0.1) is 5.92 Å². The van der Waals surface area contributed by atoms with Crippen LogP contribution in [0.25, 0.3) is 5.57 Å². The van der Waals surface area contributed by atoms with Gasteiger partial charge in [-0.1, -0.05) is 74.6 Å². The molecule has 0 bridgehead atoms. The fourth-order valence-corrected chi connectivity index (χ4v) is 6.24. The molecule has 2 aliphatic heterocycles. The molecule has 1 aliphatic carbocycles. The number of amides is 1. The first kappa shape index (κ1) is 28.5. The van der Waals surface area contributed by atoms with E-state index < -0.39 is 17.9 Å². The number of carboxylic acids is 1. The molecule has 2 atom stereocenters. The topological polar surface area (TPSA) is 111 Å². The van der Waals surface area contributed by atoms with Crippen LogP contribution in [-0.2, 0) is 22.4 Å². The van der Waals surface area contributed by atoms with E-state index >= 15 is 0 Å². The predicted octanol–water partition coefficient (Wildman–Crippen LogP) is 6.06. The molecule has 1 amide bonds. The number of nitrogens with zero attached hydrogens (tertiary/aromatic N) is 2. The second-order valence-corrected chi connectivity index (χ2v) is 11.3. The maximum Gasteiger partial charge on any atom is 0.326 e. The second kappa shape index (κ2) is 13.1. The first-order chi connectivity index (χ1) is 19.9. The number of hydrogen-bond acceptors (Lipinski definition) is 5. The highest BCUT2D eigenvalue weighted by atomic mass is 16.4. The molecule has 0 spiro atoms. The Labute approximate surface area is 241 Å². The highest BCUT2D eigenvalue weighted by Crippen LogP contribution is 2.39. The van der Waals surface area contributed by atoms with Crippen LogP contribution in [0.15, 0.2) is 75.4 Å². The quantitative estimate of drug-likeness (QED) is 0.350. The fraction of sp³-hybridized carbons (Fsp3) is 0.412. The lowest BCUT2D eigenvalue weighted by Crippen LogP contribution is -2.43. The molecule has 5 rings (SSSR count). The van der Waals surface area contributed by atoms with Crippen molar-refractivity contribution in [2.45, 2.75) is 83.2 Å². The zero-order valence-electron chi connectivity index (χ0n) is 23.7. The third-order valence-corrected chi connectivity index (χ3v) is 8.47. The van der Waals surface area contributed by atoms with E-state index in [0.29, 0.717) is 22.8 Å². The van der Waals surface area contributed by atoms with Gasteiger partial charge in [-0.15, -0.1) is 0 Å². The highest BCUT2D eigenvalue weighted by Gasteiger charge is 2.31. The highest BCUT2D eigenvalue weighted by molar-refractivity contribution is 6.16. The molecule has 41 heavy (non-hydrogen) atoms. The first-order valence-corrected chi connectivity index (χ1v) is 14.9. The van der Waals surface area contributed by atoms with Gasteiger partial charge >= 0.3 is 5.97 Å². The van der Waals surface area contributed by atoms with Crippen LogP contribution >= 0.6 is 0 Å². The standard InChI is InChI=1S/C34H39N3O4/c1-2-6-22-9-13-25(14-10-22)28-20-36-32-29(21-35-30(32)18-17-27(28)24-7-4-3-5-8-24)33(39)37-31(34(40)41)19-23-11-15-26(38)16-12-23/h9-16,20-21,24,30-31,38H,2-8,17-19H2,1H3,(H,37,39)(H,40,41)/b28-27-,36-20?/t30?,31-/m0/s1. The average molecular weight is 554 g/mol. The van der Waals surface area contributed by atoms with Crippen LogP contribution in [0.5, 0.6) is 5.75 Å². The molecule has 2 heterocycles. The molecule has 214 valence electrons. The Balaban J connectivity index is 1.44. The number of carboxylic acid groups (broad SMARTS) is 1. The van der Waals surface area contributed by atoms with E-state index in [1.807, 2.05) is 6.21 Å². The van der Waals surface area contributed by atoms with Gasteiger partial charge in [-0.2, -0.15) is 0 Å². The predicted molar refractivity (Wildman–Crippen MR) is 162 cm³/mol. The Morgan fingerprint density at radius 1 is 0.951 bits per heavy atom. The van der Waals surface area contributed by atoms with Crippen molar-refractivity contribution in [2.75, 3.05) is 0 Å². The Kier molecular flexibility index (Phi) is 9.12. The Morgan fingerprint density at radius 2 is 1.66 bits per heavy atom. The van der Waals surface area contributed by atoms with Crippen LogP contribution in [0.1, 0.15) is 75.0 Å². The number of allylic oxidation sites excluding steroid dienone is 2. The lowest BCUT2D eigenvalue weighted by molar-refractivity contribution is -0.141. The summed E-state index contributed by atoms with van der Waals surface area (Å²) in [5.74, 6) is -0.977. The molecule has 1 saturated carbocycles. The van der Waals surface area contributed by atoms with Gasteiger partial charge in [-0.25, -0.2) is 4.79 Å². The summed E-state index contributed by atoms with van der Waals surface area (Å²) in [6.07, 6.45) is 13.6. The molecule has 0 radical (unpaired) electrons. The van der Waals surface area contributed by atoms with Crippen molar-refractivity contribution >= 4 is 29.9 Å². The minimum Gasteiger partial charge on any atom is -0.508 e. The van der Waals surface area contributed by atoms with Crippen LogP contribution < -0.4 is 5.32 Å². The lowest BCUT2D eigenvalue weighted by Gasteiger charge is -2.28. The number of benzene rings is 2. The molecule has 0 aromatic heterocycles. The van der Waals surface area contributed by atoms with Crippen molar-refractivity contribution in [2.24, 2.45) is 15.9 Å². The maximum atomic E-state index is 13.4. The van der Waals surface area contributed by atoms with Gasteiger partial charge in [0.25, 0.3) is 5.91 Å². The van der Waals surface area contributed by atoms with Crippen LogP contribution in [-0.4, -0.2) is 46.6 Å². The average Bonchev–Trinajstić information content (AvgIpc) is 3.37. The number of fused-ring (bicyclic) bond motifs is 1. The lowest BCUT2D eigenvalue weighted by atomic mass is 9.78. The number of carbonyl (C=O) groups excluding carboxylic acids is 1. The van der Waals surface area contributed by atoms with E-state index in [4.69, 9.17) is 4.99 Å². The number of rotatable bonds is 9. The number of aliphatic imine (C=N–C) groups is 2. The molecule has 7 heteroatoms. The smallest absolute Gasteiger partial charge is 0.326 e. The molecule has 0 saturated heterocycles. The number of aliphatic carboxylic acids is 1. The largest absolute Gasteiger partial charge is 0.508 e. The third-order valence-electron chi connectivity index (χ3n) is 8.47. The zero-order chi connectivity index (χ0) is 28.8. The minimum absolute atomic E-state index is 0.0967. The molecule has 7 nitrogen and oxygen atoms in total. The van der Waals surface area contributed by atoms with E-state index in [9.17, 15) is 19.8 Å². The van der Waals surface area contributed by atoms with Gasteiger partial charge in [0, 0.05) is 18.9 Å². The molecule has 2 aromatic rings. The number of hydrogen-bond donors (Lipinski definition) is 3. The number of aromatic hydroxyl groups is 1. The SMILES string of the molecule is CCCc1ccc(/C2=C(\C3CCCCC3)CCC3N=CC(C(=O)N[C@@H](Cc4ccc(O)cc4)C(=O)O)=C3N=C2)cc1. The van der Waals surface area contributed by atoms with Gasteiger partial charge in [0.05, 0.1) is 17.3 Å². The molecule has 3 N–H and O–H groups in total. The van der Waals surface area contributed by atoms with Crippen LogP contribution in [0.3, 0.4) is 0 Å². The summed E-state index contributed by atoms with van der Waals surface area (Å²) in [5.41, 5.74) is 6.69. The monoisotopic (exact) mass is 553 g/mol. The Morgan fingerprint density at radius 3 is 2.34 bits per heavy atom. The first-order valence-electron chi connectivity index (χ1n) is 14.9. The van der Waals surface area contributed by atoms with Crippen molar-refractivity contribution in [3.8, 4) is 5.75 Å². The van der Waals surface area contributed by atoms with E-state index in [-0.39, 0.29) is 18.2 Å². The number of phenolic OH excluding ortho intramolecular Hbond substituents is 1. The van der Waals surface area contributed by atoms with E-state index in [1.54, 1.807) is 18.3 Å². The van der Waals surface area contributed by atoms with Crippen molar-refractivity contribution in [3.63, 3.8) is 0 Å². The van der Waals surface area contributed by atoms with Gasteiger partial charge in [0.15, 0.2) is 0 Å². The van der Waals surface area contributed by atoms with Gasteiger partial charge in [-0.05, 0) is 72.4 Å². The van der Waals surface area contributed by atoms with Crippen molar-refractivity contribution in [1.29, 1.82) is 0 Å². The van der Waals surface area contributed by atoms with Gasteiger partial charge < -0.3 is 15.5 Å². The summed E-state index contributed by atoms with van der Waals surface area (Å²) in [5, 5.41) is 22.0. The number of nitrogens with one attached hydrogen (secondary N) is 1. The third kappa shape index (κ3) is 6.84. The molecular formula is C34H39N3O4. The van der Waals surface area contributed by atoms with Crippen molar-refractivity contribution < 1.29 is 19.8 Å². The normalized spacial score (nSPS) is 21.7. The van der Waals surface area contributed by atoms with Crippen molar-refractivity contribution in [1.82, 2.24) is 5.32 Å². The summed E-state index contributed by atoms with van der Waals surface area (Å²) < 4.78 is 0. The summed E-state index contributed by atoms with van der Waals surface area (Å²) in [6.45, 7) is 2.19. The van der Waals surface area contributed by atoms with Crippen LogP contribution in [0.2, 0.25) is 0 Å². The molecule has 2 aromatic carbocycles. The number of aryl methyl sites for hydroxylation is 1. The molecule has 1 fully saturated rings. The zero-order valence-corrected chi connectivity index (χ0v) is 23.7. The number of carbonyl (C=O) groups is 2. The summed E-state index contributed by atoms with van der Waals surface area (Å²) in [4.78, 5) is 34.9. The van der Waals surface area contributed by atoms with E-state index in [0.717, 1.165) is 36.8 Å². The van der Waals surface area contributed by atoms with Crippen molar-refractivity contribution in [3.05, 3.63) is 82.1 Å². The minimum atomic E-state index is -1.13. The van der Waals surface area contributed by atoms with Gasteiger partial charge in [-0.3, -0.25) is 14.8 Å². The molecule has 3 aliphatic rings. The van der Waals surface area contributed by atoms with Gasteiger partial charge in [0.2, 0.25) is 0 Å². The number of phenols is 1. The maximum absolute atomic E-state index is 13.4. The van der Waals surface area contributed by atoms with Gasteiger partial charge in [0.1, 0.15) is 11.8 Å². The Bertz CT molecular complexity index is 1380. The summed E-state index contributed by atoms with van der Waals surface area (Å²) in [7, 11) is 0. The van der Waals surface area contributed by atoms with E-state index in [1.165, 1.54) is 55.4 Å².